The molecule has 0 aliphatic heterocycles. The van der Waals surface area contributed by atoms with Crippen LogP contribution in [0.1, 0.15) is 18.4 Å². The molecule has 0 unspecified atom stereocenters. The Kier molecular flexibility index (Phi) is 4.91. The maximum Gasteiger partial charge on any atom is 0.289 e. The summed E-state index contributed by atoms with van der Waals surface area (Å²) in [5, 5.41) is 22.5. The van der Waals surface area contributed by atoms with Crippen molar-refractivity contribution in [2.45, 2.75) is 12.8 Å². The number of nitro benzene ring substituents is 1. The number of rotatable bonds is 6. The van der Waals surface area contributed by atoms with Gasteiger partial charge in [0.15, 0.2) is 0 Å². The molecule has 0 atom stereocenters. The van der Waals surface area contributed by atoms with Crippen molar-refractivity contribution in [3.8, 4) is 6.07 Å². The van der Waals surface area contributed by atoms with Crippen LogP contribution in [0.3, 0.4) is 0 Å². The Bertz CT molecular complexity index is 440. The molecule has 0 saturated carbocycles. The molecular formula is C11H14N4O2. The highest BCUT2D eigenvalue weighted by Crippen LogP contribution is 2.22. The third-order valence-electron chi connectivity index (χ3n) is 2.27. The number of nitrogens with zero attached hydrogens (tertiary/aromatic N) is 2. The standard InChI is InChI=1S/C11H14N4O2/c12-5-1-2-6-14-10-4-3-9(8-13)11(7-10)15(16)17/h3-4,7,14H,1-2,5-6,12H2. The molecule has 1 aromatic rings. The average molecular weight is 234 g/mol. The van der Waals surface area contributed by atoms with Crippen LogP contribution >= 0.6 is 0 Å². The Hall–Kier alpha value is -2.13. The van der Waals surface area contributed by atoms with Crippen LogP contribution < -0.4 is 11.1 Å². The van der Waals surface area contributed by atoms with Gasteiger partial charge in [-0.2, -0.15) is 5.26 Å². The van der Waals surface area contributed by atoms with Crippen molar-refractivity contribution in [3.05, 3.63) is 33.9 Å². The van der Waals surface area contributed by atoms with Crippen LogP contribution in [0.25, 0.3) is 0 Å². The minimum absolute atomic E-state index is 0.0718. The molecule has 3 N–H and O–H groups in total. The van der Waals surface area contributed by atoms with E-state index in [1.807, 2.05) is 0 Å². The zero-order valence-corrected chi connectivity index (χ0v) is 9.35. The van der Waals surface area contributed by atoms with Crippen molar-refractivity contribution in [1.29, 1.82) is 5.26 Å². The molecule has 0 aromatic heterocycles. The van der Waals surface area contributed by atoms with E-state index in [4.69, 9.17) is 11.0 Å². The highest BCUT2D eigenvalue weighted by molar-refractivity contribution is 5.59. The lowest BCUT2D eigenvalue weighted by molar-refractivity contribution is -0.385. The molecule has 1 rings (SSSR count). The monoisotopic (exact) mass is 234 g/mol. The van der Waals surface area contributed by atoms with E-state index in [0.717, 1.165) is 12.8 Å². The number of nitrogens with two attached hydrogens (primary N) is 1. The number of nitrogens with one attached hydrogen (secondary N) is 1. The molecule has 0 aliphatic rings. The molecule has 17 heavy (non-hydrogen) atoms. The highest BCUT2D eigenvalue weighted by atomic mass is 16.6. The van der Waals surface area contributed by atoms with E-state index in [0.29, 0.717) is 18.8 Å². The molecule has 0 fully saturated rings. The summed E-state index contributed by atoms with van der Waals surface area (Å²) in [5.74, 6) is 0. The van der Waals surface area contributed by atoms with Crippen molar-refractivity contribution in [2.75, 3.05) is 18.4 Å². The summed E-state index contributed by atoms with van der Waals surface area (Å²) in [4.78, 5) is 10.2. The van der Waals surface area contributed by atoms with E-state index in [-0.39, 0.29) is 11.3 Å². The fraction of sp³-hybridized carbons (Fsp3) is 0.364. The Morgan fingerprint density at radius 3 is 2.82 bits per heavy atom. The van der Waals surface area contributed by atoms with Crippen LogP contribution in [-0.4, -0.2) is 18.0 Å². The molecule has 0 saturated heterocycles. The molecule has 0 aliphatic carbocycles. The van der Waals surface area contributed by atoms with E-state index in [2.05, 4.69) is 5.32 Å². The van der Waals surface area contributed by atoms with Crippen LogP contribution in [0.5, 0.6) is 0 Å². The predicted molar refractivity (Wildman–Crippen MR) is 64.6 cm³/mol. The smallest absolute Gasteiger partial charge is 0.289 e. The van der Waals surface area contributed by atoms with Crippen molar-refractivity contribution in [2.24, 2.45) is 5.73 Å². The Balaban J connectivity index is 2.72. The van der Waals surface area contributed by atoms with Crippen LogP contribution in [0.15, 0.2) is 18.2 Å². The van der Waals surface area contributed by atoms with Gasteiger partial charge < -0.3 is 11.1 Å². The van der Waals surface area contributed by atoms with E-state index in [1.165, 1.54) is 12.1 Å². The summed E-state index contributed by atoms with van der Waals surface area (Å²) in [7, 11) is 0. The molecule has 0 spiro atoms. The van der Waals surface area contributed by atoms with Crippen LogP contribution in [0, 0.1) is 21.4 Å². The largest absolute Gasteiger partial charge is 0.385 e. The number of hydrogen-bond acceptors (Lipinski definition) is 5. The van der Waals surface area contributed by atoms with E-state index >= 15 is 0 Å². The number of hydrogen-bond donors (Lipinski definition) is 2. The number of nitriles is 1. The lowest BCUT2D eigenvalue weighted by Gasteiger charge is -2.05. The van der Waals surface area contributed by atoms with Crippen LogP contribution in [-0.2, 0) is 0 Å². The summed E-state index contributed by atoms with van der Waals surface area (Å²) >= 11 is 0. The number of nitro groups is 1. The number of benzene rings is 1. The third kappa shape index (κ3) is 3.74. The van der Waals surface area contributed by atoms with Crippen LogP contribution in [0.4, 0.5) is 11.4 Å². The first-order chi connectivity index (χ1) is 8.19. The van der Waals surface area contributed by atoms with E-state index in [1.54, 1.807) is 12.1 Å². The molecule has 90 valence electrons. The quantitative estimate of drug-likeness (QED) is 0.442. The Morgan fingerprint density at radius 1 is 1.47 bits per heavy atom. The van der Waals surface area contributed by atoms with E-state index < -0.39 is 4.92 Å². The van der Waals surface area contributed by atoms with Crippen molar-refractivity contribution < 1.29 is 4.92 Å². The molecule has 6 heteroatoms. The maximum absolute atomic E-state index is 10.7. The topological polar surface area (TPSA) is 105 Å². The lowest BCUT2D eigenvalue weighted by atomic mass is 10.1. The van der Waals surface area contributed by atoms with Gasteiger partial charge in [-0.15, -0.1) is 0 Å². The lowest BCUT2D eigenvalue weighted by Crippen LogP contribution is -2.06. The number of anilines is 1. The first-order valence-electron chi connectivity index (χ1n) is 5.31. The SMILES string of the molecule is N#Cc1ccc(NCCCCN)cc1[N+](=O)[O-]. The van der Waals surface area contributed by atoms with Crippen molar-refractivity contribution >= 4 is 11.4 Å². The fourth-order valence-corrected chi connectivity index (χ4v) is 1.39. The predicted octanol–water partition coefficient (Wildman–Crippen LogP) is 1.62. The zero-order valence-electron chi connectivity index (χ0n) is 9.35. The highest BCUT2D eigenvalue weighted by Gasteiger charge is 2.13. The molecule has 1 aromatic carbocycles. The fourth-order valence-electron chi connectivity index (χ4n) is 1.39. The zero-order chi connectivity index (χ0) is 12.7. The van der Waals surface area contributed by atoms with Gasteiger partial charge in [0.25, 0.3) is 5.69 Å². The molecule has 0 radical (unpaired) electrons. The normalized spacial score (nSPS) is 9.65. The second-order valence-corrected chi connectivity index (χ2v) is 3.52. The molecular weight excluding hydrogens is 220 g/mol. The van der Waals surface area contributed by atoms with Gasteiger partial charge in [-0.25, -0.2) is 0 Å². The van der Waals surface area contributed by atoms with Gasteiger partial charge in [0, 0.05) is 18.3 Å². The summed E-state index contributed by atoms with van der Waals surface area (Å²) in [6.07, 6.45) is 1.82. The summed E-state index contributed by atoms with van der Waals surface area (Å²) in [5.41, 5.74) is 5.90. The van der Waals surface area contributed by atoms with Gasteiger partial charge in [-0.1, -0.05) is 0 Å². The second kappa shape index (κ2) is 6.45. The van der Waals surface area contributed by atoms with Gasteiger partial charge in [0.1, 0.15) is 11.6 Å². The van der Waals surface area contributed by atoms with E-state index in [9.17, 15) is 10.1 Å². The molecule has 0 amide bonds. The first-order valence-corrected chi connectivity index (χ1v) is 5.31. The minimum Gasteiger partial charge on any atom is -0.385 e. The average Bonchev–Trinajstić information content (AvgIpc) is 2.34. The minimum atomic E-state index is -0.552. The van der Waals surface area contributed by atoms with Crippen molar-refractivity contribution in [1.82, 2.24) is 0 Å². The number of unbranched alkanes of at least 4 members (excludes halogenated alkanes) is 1. The van der Waals surface area contributed by atoms with Gasteiger partial charge in [0.2, 0.25) is 0 Å². The summed E-state index contributed by atoms with van der Waals surface area (Å²) in [6, 6.07) is 6.28. The maximum atomic E-state index is 10.7. The van der Waals surface area contributed by atoms with Gasteiger partial charge >= 0.3 is 0 Å². The summed E-state index contributed by atoms with van der Waals surface area (Å²) in [6.45, 7) is 1.34. The molecule has 0 bridgehead atoms. The Labute approximate surface area is 99.2 Å². The first kappa shape index (κ1) is 12.9. The molecule has 6 nitrogen and oxygen atoms in total. The van der Waals surface area contributed by atoms with Gasteiger partial charge in [0.05, 0.1) is 4.92 Å². The summed E-state index contributed by atoms with van der Waals surface area (Å²) < 4.78 is 0. The van der Waals surface area contributed by atoms with Crippen LogP contribution in [0.2, 0.25) is 0 Å². The van der Waals surface area contributed by atoms with Gasteiger partial charge in [-0.3, -0.25) is 10.1 Å². The van der Waals surface area contributed by atoms with Crippen molar-refractivity contribution in [3.63, 3.8) is 0 Å². The second-order valence-electron chi connectivity index (χ2n) is 3.52. The third-order valence-corrected chi connectivity index (χ3v) is 2.27. The van der Waals surface area contributed by atoms with Gasteiger partial charge in [-0.05, 0) is 31.5 Å². The Morgan fingerprint density at radius 2 is 2.24 bits per heavy atom. The molecule has 0 heterocycles.